The molecular formula is C19H29NO4. The zero-order chi connectivity index (χ0) is 18.0. The summed E-state index contributed by atoms with van der Waals surface area (Å²) < 4.78 is 11.3. The van der Waals surface area contributed by atoms with Gasteiger partial charge in [0.15, 0.2) is 0 Å². The molecule has 0 radical (unpaired) electrons. The highest BCUT2D eigenvalue weighted by Gasteiger charge is 2.16. The predicted molar refractivity (Wildman–Crippen MR) is 96.5 cm³/mol. The zero-order valence-electron chi connectivity index (χ0n) is 15.2. The minimum atomic E-state index is -0.414. The Morgan fingerprint density at radius 1 is 1.29 bits per heavy atom. The molecule has 5 heteroatoms. The first-order valence-electron chi connectivity index (χ1n) is 8.51. The molecule has 1 rings (SSSR count). The minimum Gasteiger partial charge on any atom is -0.493 e. The van der Waals surface area contributed by atoms with Crippen molar-refractivity contribution in [2.75, 3.05) is 13.2 Å². The summed E-state index contributed by atoms with van der Waals surface area (Å²) in [6.07, 6.45) is 6.24. The van der Waals surface area contributed by atoms with Crippen LogP contribution >= 0.6 is 0 Å². The second-order valence-electron chi connectivity index (χ2n) is 6.48. The van der Waals surface area contributed by atoms with Crippen molar-refractivity contribution in [3.05, 3.63) is 46.0 Å². The predicted octanol–water partition coefficient (Wildman–Crippen LogP) is 5.30. The average Bonchev–Trinajstić information content (AvgIpc) is 2.51. The number of hydrogen-bond acceptors (Lipinski definition) is 4. The van der Waals surface area contributed by atoms with Gasteiger partial charge in [-0.2, -0.15) is 0 Å². The molecule has 0 atom stereocenters. The van der Waals surface area contributed by atoms with Crippen LogP contribution in [0.25, 0.3) is 0 Å². The molecule has 0 fully saturated rings. The summed E-state index contributed by atoms with van der Waals surface area (Å²) >= 11 is 0. The van der Waals surface area contributed by atoms with Gasteiger partial charge in [-0.1, -0.05) is 11.6 Å². The van der Waals surface area contributed by atoms with Gasteiger partial charge in [-0.15, -0.1) is 0 Å². The van der Waals surface area contributed by atoms with Crippen molar-refractivity contribution in [1.29, 1.82) is 0 Å². The van der Waals surface area contributed by atoms with E-state index in [-0.39, 0.29) is 11.3 Å². The highest BCUT2D eigenvalue weighted by atomic mass is 16.6. The highest BCUT2D eigenvalue weighted by molar-refractivity contribution is 5.35. The molecule has 0 saturated heterocycles. The molecule has 0 unspecified atom stereocenters. The molecule has 0 aromatic heterocycles. The van der Waals surface area contributed by atoms with Crippen LogP contribution < -0.4 is 4.74 Å². The Hall–Kier alpha value is -1.88. The van der Waals surface area contributed by atoms with Gasteiger partial charge in [-0.25, -0.2) is 0 Å². The van der Waals surface area contributed by atoms with Crippen LogP contribution in [0.4, 0.5) is 5.69 Å². The van der Waals surface area contributed by atoms with Crippen LogP contribution in [0.5, 0.6) is 5.75 Å². The number of non-ortho nitro benzene ring substituents is 1. The number of ether oxygens (including phenoxy) is 2. The first kappa shape index (κ1) is 20.2. The second-order valence-corrected chi connectivity index (χ2v) is 6.48. The number of allylic oxidation sites excluding steroid dienone is 1. The third-order valence-corrected chi connectivity index (χ3v) is 3.81. The van der Waals surface area contributed by atoms with Gasteiger partial charge in [0, 0.05) is 18.7 Å². The van der Waals surface area contributed by atoms with E-state index in [9.17, 15) is 10.1 Å². The Labute approximate surface area is 144 Å². The fourth-order valence-corrected chi connectivity index (χ4v) is 2.50. The van der Waals surface area contributed by atoms with Gasteiger partial charge in [0.25, 0.3) is 5.69 Å². The molecule has 0 spiro atoms. The Kier molecular flexibility index (Phi) is 8.47. The Bertz CT molecular complexity index is 535. The monoisotopic (exact) mass is 335 g/mol. The van der Waals surface area contributed by atoms with Crippen molar-refractivity contribution in [1.82, 2.24) is 0 Å². The van der Waals surface area contributed by atoms with E-state index in [1.807, 2.05) is 6.92 Å². The van der Waals surface area contributed by atoms with Crippen LogP contribution in [0, 0.1) is 10.1 Å². The molecule has 134 valence electrons. The van der Waals surface area contributed by atoms with Crippen molar-refractivity contribution >= 4 is 5.69 Å². The Morgan fingerprint density at radius 2 is 1.96 bits per heavy atom. The summed E-state index contributed by atoms with van der Waals surface area (Å²) in [6, 6.07) is 6.17. The maximum Gasteiger partial charge on any atom is 0.269 e. The lowest BCUT2D eigenvalue weighted by atomic mass is 9.99. The van der Waals surface area contributed by atoms with E-state index in [1.54, 1.807) is 12.1 Å². The van der Waals surface area contributed by atoms with Crippen molar-refractivity contribution in [2.45, 2.75) is 59.0 Å². The van der Waals surface area contributed by atoms with Crippen LogP contribution in [0.3, 0.4) is 0 Å². The van der Waals surface area contributed by atoms with Gasteiger partial charge in [-0.3, -0.25) is 10.1 Å². The van der Waals surface area contributed by atoms with Crippen molar-refractivity contribution < 1.29 is 14.4 Å². The van der Waals surface area contributed by atoms with E-state index < -0.39 is 4.92 Å². The summed E-state index contributed by atoms with van der Waals surface area (Å²) in [5.41, 5.74) is 1.39. The summed E-state index contributed by atoms with van der Waals surface area (Å²) in [4.78, 5) is 10.2. The molecule has 24 heavy (non-hydrogen) atoms. The fraction of sp³-hybridized carbons (Fsp3) is 0.579. The molecule has 1 aromatic carbocycles. The summed E-state index contributed by atoms with van der Waals surface area (Å²) in [5.74, 6) is 0.658. The molecule has 0 aliphatic rings. The molecular weight excluding hydrogens is 306 g/mol. The van der Waals surface area contributed by atoms with Crippen LogP contribution in [-0.2, 0) is 4.74 Å². The molecule has 5 nitrogen and oxygen atoms in total. The minimum absolute atomic E-state index is 0.0476. The number of nitrogens with zero attached hydrogens (tertiary/aromatic N) is 1. The summed E-state index contributed by atoms with van der Waals surface area (Å²) in [6.45, 7) is 9.75. The fourth-order valence-electron chi connectivity index (χ4n) is 2.50. The second kappa shape index (κ2) is 10.1. The number of rotatable bonds is 11. The molecule has 0 heterocycles. The maximum absolute atomic E-state index is 10.6. The lowest BCUT2D eigenvalue weighted by Crippen LogP contribution is -2.24. The number of nitro groups is 1. The van der Waals surface area contributed by atoms with Crippen LogP contribution in [0.1, 0.15) is 53.4 Å². The molecule has 0 aliphatic heterocycles. The van der Waals surface area contributed by atoms with Gasteiger partial charge in [0.1, 0.15) is 5.75 Å². The van der Waals surface area contributed by atoms with Gasteiger partial charge in [0.05, 0.1) is 17.1 Å². The normalized spacial score (nSPS) is 12.2. The summed E-state index contributed by atoms with van der Waals surface area (Å²) in [5, 5.41) is 10.6. The van der Waals surface area contributed by atoms with E-state index in [0.717, 1.165) is 32.3 Å². The smallest absolute Gasteiger partial charge is 0.269 e. The topological polar surface area (TPSA) is 61.6 Å². The molecule has 0 amide bonds. The van der Waals surface area contributed by atoms with E-state index >= 15 is 0 Å². The third kappa shape index (κ3) is 8.11. The average molecular weight is 335 g/mol. The van der Waals surface area contributed by atoms with Crippen molar-refractivity contribution in [2.24, 2.45) is 0 Å². The number of hydrogen-bond donors (Lipinski definition) is 0. The molecule has 0 aliphatic carbocycles. The SMILES string of the molecule is CCOC(C)(C)CCC/C(C)=C/CCOc1ccc([N+](=O)[O-])cc1. The summed E-state index contributed by atoms with van der Waals surface area (Å²) in [7, 11) is 0. The first-order chi connectivity index (χ1) is 11.3. The van der Waals surface area contributed by atoms with E-state index in [0.29, 0.717) is 12.4 Å². The van der Waals surface area contributed by atoms with Gasteiger partial charge in [-0.05, 0) is 65.5 Å². The standard InChI is InChI=1S/C19H29NO4/c1-5-24-19(3,4)14-6-8-16(2)9-7-15-23-18-12-10-17(11-13-18)20(21)22/h9-13H,5-8,14-15H2,1-4H3/b16-9+. The van der Waals surface area contributed by atoms with Gasteiger partial charge in [0.2, 0.25) is 0 Å². The highest BCUT2D eigenvalue weighted by Crippen LogP contribution is 2.20. The number of nitro benzene ring substituents is 1. The lowest BCUT2D eigenvalue weighted by Gasteiger charge is -2.24. The third-order valence-electron chi connectivity index (χ3n) is 3.81. The van der Waals surface area contributed by atoms with E-state index in [1.165, 1.54) is 17.7 Å². The van der Waals surface area contributed by atoms with Crippen LogP contribution in [0.15, 0.2) is 35.9 Å². The molecule has 1 aromatic rings. The van der Waals surface area contributed by atoms with Crippen LogP contribution in [-0.4, -0.2) is 23.7 Å². The molecule has 0 N–H and O–H groups in total. The number of benzene rings is 1. The van der Waals surface area contributed by atoms with Crippen molar-refractivity contribution in [3.8, 4) is 5.75 Å². The van der Waals surface area contributed by atoms with Crippen molar-refractivity contribution in [3.63, 3.8) is 0 Å². The van der Waals surface area contributed by atoms with E-state index in [2.05, 4.69) is 26.8 Å². The molecule has 0 saturated carbocycles. The quantitative estimate of drug-likeness (QED) is 0.238. The van der Waals surface area contributed by atoms with Gasteiger partial charge < -0.3 is 9.47 Å². The van der Waals surface area contributed by atoms with E-state index in [4.69, 9.17) is 9.47 Å². The lowest BCUT2D eigenvalue weighted by molar-refractivity contribution is -0.384. The zero-order valence-corrected chi connectivity index (χ0v) is 15.2. The molecule has 0 bridgehead atoms. The van der Waals surface area contributed by atoms with Gasteiger partial charge >= 0.3 is 0 Å². The Morgan fingerprint density at radius 3 is 2.54 bits per heavy atom. The first-order valence-corrected chi connectivity index (χ1v) is 8.51. The Balaban J connectivity index is 2.25. The maximum atomic E-state index is 10.6. The largest absolute Gasteiger partial charge is 0.493 e. The van der Waals surface area contributed by atoms with Crippen LogP contribution in [0.2, 0.25) is 0 Å².